The predicted molar refractivity (Wildman–Crippen MR) is 25.5 cm³/mol. The molecule has 0 heterocycles. The predicted octanol–water partition coefficient (Wildman–Crippen LogP) is 1.37. The molecule has 0 fully saturated rings. The Morgan fingerprint density at radius 3 is 1.20 bits per heavy atom. The molecule has 0 nitrogen and oxygen atoms in total. The van der Waals surface area contributed by atoms with E-state index in [9.17, 15) is 0 Å². The van der Waals surface area contributed by atoms with Crippen LogP contribution in [0.15, 0.2) is 0 Å². The Morgan fingerprint density at radius 2 is 1.20 bits per heavy atom. The summed E-state index contributed by atoms with van der Waals surface area (Å²) in [5, 5.41) is 0. The zero-order chi connectivity index (χ0) is 4.50. The minimum absolute atomic E-state index is 0.694. The van der Waals surface area contributed by atoms with Gasteiger partial charge in [0.2, 0.25) is 0 Å². The molecule has 0 aromatic rings. The second kappa shape index (κ2) is 2.03. The summed E-state index contributed by atoms with van der Waals surface area (Å²) in [6.07, 6.45) is 0. The van der Waals surface area contributed by atoms with Crippen molar-refractivity contribution < 1.29 is 0 Å². The zero-order valence-corrected chi connectivity index (χ0v) is 8.65. The van der Waals surface area contributed by atoms with Crippen LogP contribution in [0, 0.1) is 0 Å². The quantitative estimate of drug-likeness (QED) is 0.511. The van der Waals surface area contributed by atoms with Crippen molar-refractivity contribution >= 4 is 46.5 Å². The van der Waals surface area contributed by atoms with Gasteiger partial charge in [-0.3, -0.25) is 0 Å². The van der Waals surface area contributed by atoms with Gasteiger partial charge >= 0.3 is 67.2 Å². The van der Waals surface area contributed by atoms with Gasteiger partial charge in [-0.15, -0.1) is 0 Å². The van der Waals surface area contributed by atoms with Crippen LogP contribution in [0.25, 0.3) is 0 Å². The molecule has 0 aliphatic heterocycles. The Morgan fingerprint density at radius 1 is 1.20 bits per heavy atom. The van der Waals surface area contributed by atoms with Gasteiger partial charge < -0.3 is 0 Å². The Bertz CT molecular complexity index is 19.1. The molecule has 0 unspecified atom stereocenters. The topological polar surface area (TPSA) is 0 Å². The van der Waals surface area contributed by atoms with Gasteiger partial charge in [-0.1, -0.05) is 0 Å². The van der Waals surface area contributed by atoms with Crippen molar-refractivity contribution in [2.75, 3.05) is 0 Å². The van der Waals surface area contributed by atoms with Crippen LogP contribution in [0.1, 0.15) is 20.8 Å². The van der Waals surface area contributed by atoms with E-state index in [1.165, 1.54) is 0 Å². The fraction of sp³-hybridized carbons (Fsp3) is 1.00. The van der Waals surface area contributed by atoms with Crippen LogP contribution < -0.4 is 0 Å². The van der Waals surface area contributed by atoms with Gasteiger partial charge in [-0.25, -0.2) is 0 Å². The monoisotopic (exact) mass is 195 g/mol. The molecule has 0 aliphatic carbocycles. The van der Waals surface area contributed by atoms with E-state index in [-0.39, 0.29) is 0 Å². The van der Waals surface area contributed by atoms with Crippen molar-refractivity contribution in [1.29, 1.82) is 0 Å². The Balaban J connectivity index is 3.02. The Kier molecular flexibility index (Phi) is 2.67. The van der Waals surface area contributed by atoms with Crippen molar-refractivity contribution in [3.63, 3.8) is 0 Å². The van der Waals surface area contributed by atoms with Crippen LogP contribution in [-0.4, -0.2) is 46.5 Å². The standard InChI is InChI=1S/C4H9.Ba/c1-4(2)3;/h1-3H3;. The van der Waals surface area contributed by atoms with Gasteiger partial charge in [-0.05, 0) is 0 Å². The first-order chi connectivity index (χ1) is 2.00. The van der Waals surface area contributed by atoms with Crippen LogP contribution >= 0.6 is 0 Å². The molecule has 0 N–H and O–H groups in total. The van der Waals surface area contributed by atoms with Crippen molar-refractivity contribution in [3.8, 4) is 0 Å². The minimum atomic E-state index is 0.694. The molecule has 0 bridgehead atoms. The normalized spacial score (nSPS) is 11.6. The first-order valence-corrected chi connectivity index (χ1v) is 4.07. The van der Waals surface area contributed by atoms with Crippen molar-refractivity contribution in [2.45, 2.75) is 20.7 Å². The second-order valence-electron chi connectivity index (χ2n) is 2.56. The van der Waals surface area contributed by atoms with Gasteiger partial charge in [0.05, 0.1) is 0 Å². The van der Waals surface area contributed by atoms with Gasteiger partial charge in [0.15, 0.2) is 0 Å². The zero-order valence-electron chi connectivity index (χ0n) is 4.21. The molecule has 0 aromatic heterocycles. The van der Waals surface area contributed by atoms with E-state index in [1.54, 1.807) is 0 Å². The van der Waals surface area contributed by atoms with Crippen LogP contribution in [0.3, 0.4) is 0 Å². The molecule has 0 aromatic carbocycles. The summed E-state index contributed by atoms with van der Waals surface area (Å²) in [6, 6.07) is 0. The average Bonchev–Trinajstić information content (AvgIpc) is 0.722. The van der Waals surface area contributed by atoms with E-state index < -0.39 is 0 Å². The Hall–Kier alpha value is 1.57. The SMILES string of the molecule is C[C](C)(C)[Ba]. The molecule has 0 amide bonds. The molecule has 27 valence electrons. The van der Waals surface area contributed by atoms with Crippen LogP contribution in [0.2, 0.25) is -0.117 Å². The van der Waals surface area contributed by atoms with Crippen LogP contribution in [0.4, 0.5) is 0 Å². The molecule has 0 spiro atoms. The molecule has 0 rings (SSSR count). The van der Waals surface area contributed by atoms with Gasteiger partial charge in [0.1, 0.15) is 0 Å². The third-order valence-electron chi connectivity index (χ3n) is 0. The third kappa shape index (κ3) is 28.8. The molecular weight excluding hydrogens is 185 g/mol. The molecule has 1 radical (unpaired) electrons. The summed E-state index contributed by atoms with van der Waals surface area (Å²) in [7, 11) is 0. The summed E-state index contributed by atoms with van der Waals surface area (Å²) in [4.78, 5) is 0. The fourth-order valence-corrected chi connectivity index (χ4v) is 0. The molecule has 0 atom stereocenters. The molecule has 0 aliphatic rings. The first kappa shape index (κ1) is 6.57. The maximum atomic E-state index is 2.27. The maximum absolute atomic E-state index is 2.27. The number of rotatable bonds is 0. The molecule has 0 saturated heterocycles. The average molecular weight is 194 g/mol. The fourth-order valence-electron chi connectivity index (χ4n) is 0. The van der Waals surface area contributed by atoms with Gasteiger partial charge in [0, 0.05) is 0 Å². The van der Waals surface area contributed by atoms with E-state index >= 15 is 0 Å². The summed E-state index contributed by atoms with van der Waals surface area (Å²) < 4.78 is 0.694. The third-order valence-corrected chi connectivity index (χ3v) is 0. The summed E-state index contributed by atoms with van der Waals surface area (Å²) in [6.45, 7) is 6.82. The van der Waals surface area contributed by atoms with Crippen molar-refractivity contribution in [2.24, 2.45) is 0 Å². The van der Waals surface area contributed by atoms with E-state index in [0.29, 0.717) is -0.117 Å². The molecular formula is C4H9Ba. The number of hydrogen-bond acceptors (Lipinski definition) is 0. The summed E-state index contributed by atoms with van der Waals surface area (Å²) in [5.74, 6) is 0. The van der Waals surface area contributed by atoms with Gasteiger partial charge in [-0.2, -0.15) is 0 Å². The molecule has 5 heavy (non-hydrogen) atoms. The van der Waals surface area contributed by atoms with Crippen molar-refractivity contribution in [1.82, 2.24) is 0 Å². The Labute approximate surface area is 66.0 Å². The van der Waals surface area contributed by atoms with Crippen molar-refractivity contribution in [3.05, 3.63) is 0 Å². The van der Waals surface area contributed by atoms with Gasteiger partial charge in [0.25, 0.3) is 0 Å². The second-order valence-corrected chi connectivity index (χ2v) is 9.22. The molecule has 0 saturated carbocycles. The molecule has 1 heteroatoms. The van der Waals surface area contributed by atoms with E-state index in [4.69, 9.17) is 0 Å². The van der Waals surface area contributed by atoms with E-state index in [1.807, 2.05) is 0 Å². The van der Waals surface area contributed by atoms with Crippen LogP contribution in [-0.2, 0) is 0 Å². The van der Waals surface area contributed by atoms with E-state index in [2.05, 4.69) is 20.8 Å². The van der Waals surface area contributed by atoms with Crippen LogP contribution in [0.5, 0.6) is 0 Å². The summed E-state index contributed by atoms with van der Waals surface area (Å²) in [5.41, 5.74) is 0. The first-order valence-electron chi connectivity index (χ1n) is 1.85. The number of hydrogen-bond donors (Lipinski definition) is 0. The van der Waals surface area contributed by atoms with E-state index in [0.717, 1.165) is 46.5 Å². The summed E-state index contributed by atoms with van der Waals surface area (Å²) >= 11 is 0.956.